The summed E-state index contributed by atoms with van der Waals surface area (Å²) in [5, 5.41) is 13.5. The van der Waals surface area contributed by atoms with E-state index in [1.54, 1.807) is 7.11 Å². The number of ether oxygens (including phenoxy) is 1. The van der Waals surface area contributed by atoms with Crippen LogP contribution in [0.15, 0.2) is 77.6 Å². The zero-order valence-electron chi connectivity index (χ0n) is 21.3. The number of nitrogens with zero attached hydrogens (tertiary/aromatic N) is 5. The zero-order chi connectivity index (χ0) is 25.8. The van der Waals surface area contributed by atoms with Crippen molar-refractivity contribution in [2.45, 2.75) is 40.0 Å². The van der Waals surface area contributed by atoms with Crippen molar-refractivity contribution < 1.29 is 4.74 Å². The van der Waals surface area contributed by atoms with Crippen LogP contribution >= 0.6 is 0 Å². The van der Waals surface area contributed by atoms with Crippen LogP contribution in [0.1, 0.15) is 33.6 Å². The predicted octanol–water partition coefficient (Wildman–Crippen LogP) is 4.39. The normalized spacial score (nSPS) is 11.4. The van der Waals surface area contributed by atoms with Gasteiger partial charge in [0.2, 0.25) is 0 Å². The Bertz CT molecular complexity index is 1570. The molecule has 0 fully saturated rings. The van der Waals surface area contributed by atoms with Crippen LogP contribution in [0.5, 0.6) is 5.75 Å². The van der Waals surface area contributed by atoms with Gasteiger partial charge in [-0.05, 0) is 59.0 Å². The van der Waals surface area contributed by atoms with Gasteiger partial charge in [-0.15, -0.1) is 5.10 Å². The van der Waals surface area contributed by atoms with Gasteiger partial charge in [-0.2, -0.15) is 0 Å². The van der Waals surface area contributed by atoms with Crippen LogP contribution in [0.3, 0.4) is 0 Å². The van der Waals surface area contributed by atoms with Gasteiger partial charge in [0.25, 0.3) is 5.56 Å². The maximum atomic E-state index is 13.1. The van der Waals surface area contributed by atoms with Crippen LogP contribution < -0.4 is 10.3 Å². The molecule has 2 aromatic heterocycles. The molecule has 5 aromatic rings. The molecule has 2 heterocycles. The Kier molecular flexibility index (Phi) is 7.09. The molecule has 3 aromatic carbocycles. The molecule has 5 rings (SSSR count). The smallest absolute Gasteiger partial charge is 0.252 e. The Morgan fingerprint density at radius 3 is 2.49 bits per heavy atom. The number of hydrogen-bond donors (Lipinski definition) is 1. The molecular formula is C29H30N6O2. The summed E-state index contributed by atoms with van der Waals surface area (Å²) in [6.07, 6.45) is 0. The van der Waals surface area contributed by atoms with Crippen molar-refractivity contribution in [3.8, 4) is 5.75 Å². The molecule has 0 radical (unpaired) electrons. The second-order valence-electron chi connectivity index (χ2n) is 9.37. The molecule has 8 heteroatoms. The van der Waals surface area contributed by atoms with E-state index in [2.05, 4.69) is 56.6 Å². The number of methoxy groups -OCH3 is 1. The lowest BCUT2D eigenvalue weighted by Gasteiger charge is -2.23. The number of tetrazole rings is 1. The van der Waals surface area contributed by atoms with Crippen molar-refractivity contribution >= 4 is 10.9 Å². The van der Waals surface area contributed by atoms with E-state index in [1.807, 2.05) is 60.1 Å². The molecule has 0 atom stereocenters. The monoisotopic (exact) mass is 494 g/mol. The number of hydrogen-bond acceptors (Lipinski definition) is 6. The highest BCUT2D eigenvalue weighted by atomic mass is 16.5. The number of rotatable bonds is 9. The van der Waals surface area contributed by atoms with Gasteiger partial charge in [-0.25, -0.2) is 4.68 Å². The van der Waals surface area contributed by atoms with E-state index in [4.69, 9.17) is 4.74 Å². The van der Waals surface area contributed by atoms with Gasteiger partial charge in [0.05, 0.1) is 25.7 Å². The third kappa shape index (κ3) is 5.59. The fourth-order valence-electron chi connectivity index (χ4n) is 4.75. The number of aromatic nitrogens is 5. The molecule has 0 bridgehead atoms. The summed E-state index contributed by atoms with van der Waals surface area (Å²) in [6.45, 7) is 6.10. The minimum atomic E-state index is -0.0895. The fraction of sp³-hybridized carbons (Fsp3) is 0.241. The third-order valence-corrected chi connectivity index (χ3v) is 6.50. The average Bonchev–Trinajstić information content (AvgIpc) is 3.32. The van der Waals surface area contributed by atoms with Gasteiger partial charge in [0, 0.05) is 24.2 Å². The van der Waals surface area contributed by atoms with Gasteiger partial charge in [-0.3, -0.25) is 9.69 Å². The van der Waals surface area contributed by atoms with Crippen LogP contribution in [-0.2, 0) is 26.2 Å². The quantitative estimate of drug-likeness (QED) is 0.327. The second kappa shape index (κ2) is 10.8. The van der Waals surface area contributed by atoms with Gasteiger partial charge in [0.15, 0.2) is 5.82 Å². The lowest BCUT2D eigenvalue weighted by atomic mass is 10.0. The van der Waals surface area contributed by atoms with Crippen LogP contribution in [0.4, 0.5) is 0 Å². The first-order chi connectivity index (χ1) is 18.0. The SMILES string of the molecule is COc1ccccc1CN(Cc1cc2cc(C)cc(C)c2[nH]c1=O)Cc1nnnn1Cc1ccccc1. The fourth-order valence-corrected chi connectivity index (χ4v) is 4.75. The molecule has 8 nitrogen and oxygen atoms in total. The van der Waals surface area contributed by atoms with Gasteiger partial charge in [0.1, 0.15) is 5.75 Å². The highest BCUT2D eigenvalue weighted by Crippen LogP contribution is 2.23. The number of para-hydroxylation sites is 1. The Hall–Kier alpha value is -4.30. The van der Waals surface area contributed by atoms with E-state index in [1.165, 1.54) is 0 Å². The van der Waals surface area contributed by atoms with Crippen LogP contribution in [0.25, 0.3) is 10.9 Å². The maximum absolute atomic E-state index is 13.1. The summed E-state index contributed by atoms with van der Waals surface area (Å²) < 4.78 is 7.41. The summed E-state index contributed by atoms with van der Waals surface area (Å²) in [4.78, 5) is 18.4. The molecule has 37 heavy (non-hydrogen) atoms. The molecular weight excluding hydrogens is 464 g/mol. The summed E-state index contributed by atoms with van der Waals surface area (Å²) in [6, 6.07) is 24.2. The first kappa shape index (κ1) is 24.4. The van der Waals surface area contributed by atoms with E-state index in [0.717, 1.165) is 44.7 Å². The molecule has 0 saturated heterocycles. The molecule has 0 saturated carbocycles. The summed E-state index contributed by atoms with van der Waals surface area (Å²) in [5.74, 6) is 1.53. The first-order valence-electron chi connectivity index (χ1n) is 12.3. The number of aromatic amines is 1. The van der Waals surface area contributed by atoms with E-state index >= 15 is 0 Å². The standard InChI is InChI=1S/C29H30N6O2/c1-20-13-21(2)28-24(14-20)15-25(29(36)30-28)18-34(17-23-11-7-8-12-26(23)37-3)19-27-31-32-33-35(27)16-22-9-5-4-6-10-22/h4-15H,16-19H2,1-3H3,(H,30,36). The van der Waals surface area contributed by atoms with E-state index < -0.39 is 0 Å². The molecule has 0 spiro atoms. The number of aryl methyl sites for hydroxylation is 2. The minimum Gasteiger partial charge on any atom is -0.496 e. The van der Waals surface area contributed by atoms with Crippen molar-refractivity contribution in [2.24, 2.45) is 0 Å². The van der Waals surface area contributed by atoms with Crippen molar-refractivity contribution in [1.29, 1.82) is 0 Å². The van der Waals surface area contributed by atoms with E-state index in [-0.39, 0.29) is 5.56 Å². The van der Waals surface area contributed by atoms with Crippen LogP contribution in [0, 0.1) is 13.8 Å². The largest absolute Gasteiger partial charge is 0.496 e. The van der Waals surface area contributed by atoms with E-state index in [9.17, 15) is 4.79 Å². The molecule has 0 aliphatic carbocycles. The number of fused-ring (bicyclic) bond motifs is 1. The predicted molar refractivity (Wildman–Crippen MR) is 143 cm³/mol. The third-order valence-electron chi connectivity index (χ3n) is 6.50. The topological polar surface area (TPSA) is 88.9 Å². The van der Waals surface area contributed by atoms with Crippen LogP contribution in [-0.4, -0.2) is 37.2 Å². The van der Waals surface area contributed by atoms with Crippen molar-refractivity contribution in [3.63, 3.8) is 0 Å². The lowest BCUT2D eigenvalue weighted by molar-refractivity contribution is 0.232. The summed E-state index contributed by atoms with van der Waals surface area (Å²) in [5.41, 5.74) is 5.84. The second-order valence-corrected chi connectivity index (χ2v) is 9.37. The Labute approximate surface area is 215 Å². The molecule has 0 amide bonds. The van der Waals surface area contributed by atoms with Crippen molar-refractivity contribution in [3.05, 3.63) is 117 Å². The number of H-pyrrole nitrogens is 1. The Morgan fingerprint density at radius 2 is 1.68 bits per heavy atom. The van der Waals surface area contributed by atoms with E-state index in [0.29, 0.717) is 31.7 Å². The Morgan fingerprint density at radius 1 is 0.919 bits per heavy atom. The van der Waals surface area contributed by atoms with Crippen LogP contribution in [0.2, 0.25) is 0 Å². The van der Waals surface area contributed by atoms with Crippen molar-refractivity contribution in [2.75, 3.05) is 7.11 Å². The lowest BCUT2D eigenvalue weighted by Crippen LogP contribution is -2.28. The highest BCUT2D eigenvalue weighted by molar-refractivity contribution is 5.82. The summed E-state index contributed by atoms with van der Waals surface area (Å²) >= 11 is 0. The molecule has 0 unspecified atom stereocenters. The highest BCUT2D eigenvalue weighted by Gasteiger charge is 2.18. The molecule has 1 N–H and O–H groups in total. The van der Waals surface area contributed by atoms with Gasteiger partial charge < -0.3 is 9.72 Å². The number of benzene rings is 3. The molecule has 0 aliphatic heterocycles. The first-order valence-corrected chi connectivity index (χ1v) is 12.3. The maximum Gasteiger partial charge on any atom is 0.252 e. The number of nitrogens with one attached hydrogen (secondary N) is 1. The number of pyridine rings is 1. The van der Waals surface area contributed by atoms with Crippen molar-refractivity contribution in [1.82, 2.24) is 30.1 Å². The minimum absolute atomic E-state index is 0.0895. The Balaban J connectivity index is 1.48. The zero-order valence-corrected chi connectivity index (χ0v) is 21.3. The van der Waals surface area contributed by atoms with Gasteiger partial charge >= 0.3 is 0 Å². The summed E-state index contributed by atoms with van der Waals surface area (Å²) in [7, 11) is 1.67. The van der Waals surface area contributed by atoms with Gasteiger partial charge in [-0.1, -0.05) is 60.2 Å². The average molecular weight is 495 g/mol. The molecule has 0 aliphatic rings. The molecule has 188 valence electrons.